The van der Waals surface area contributed by atoms with E-state index < -0.39 is 0 Å². The summed E-state index contributed by atoms with van der Waals surface area (Å²) in [5.74, 6) is 1.48. The summed E-state index contributed by atoms with van der Waals surface area (Å²) in [6.45, 7) is 0.900. The minimum absolute atomic E-state index is 0.126. The molecular formula is C22H21N5OS. The van der Waals surface area contributed by atoms with Crippen LogP contribution in [0.4, 0.5) is 0 Å². The van der Waals surface area contributed by atoms with Crippen LogP contribution in [0, 0.1) is 5.92 Å². The Labute approximate surface area is 172 Å². The molecule has 0 saturated heterocycles. The minimum Gasteiger partial charge on any atom is -0.334 e. The fourth-order valence-electron chi connectivity index (χ4n) is 4.07. The van der Waals surface area contributed by atoms with E-state index in [0.717, 1.165) is 47.7 Å². The topological polar surface area (TPSA) is 65.6 Å². The maximum atomic E-state index is 13.1. The molecule has 1 atom stereocenters. The van der Waals surface area contributed by atoms with Gasteiger partial charge in [0.15, 0.2) is 5.78 Å². The molecule has 29 heavy (non-hydrogen) atoms. The normalized spacial score (nSPS) is 16.0. The second-order valence-corrected chi connectivity index (χ2v) is 8.21. The van der Waals surface area contributed by atoms with Crippen LogP contribution in [0.1, 0.15) is 29.2 Å². The lowest BCUT2D eigenvalue weighted by atomic mass is 9.91. The van der Waals surface area contributed by atoms with Gasteiger partial charge in [-0.3, -0.25) is 9.48 Å². The van der Waals surface area contributed by atoms with Crippen molar-refractivity contribution in [3.8, 4) is 22.5 Å². The molecule has 1 aliphatic rings. The molecule has 146 valence electrons. The lowest BCUT2D eigenvalue weighted by Gasteiger charge is -2.22. The Bertz CT molecular complexity index is 1140. The molecule has 0 spiro atoms. The van der Waals surface area contributed by atoms with Crippen LogP contribution in [-0.4, -0.2) is 30.1 Å². The number of Topliss-reactive ketones (excluding diaryl/α,β-unsaturated/α-hetero) is 1. The zero-order chi connectivity index (χ0) is 19.8. The lowest BCUT2D eigenvalue weighted by molar-refractivity contribution is 0.0945. The predicted molar refractivity (Wildman–Crippen MR) is 113 cm³/mol. The highest BCUT2D eigenvalue weighted by atomic mass is 32.1. The third kappa shape index (κ3) is 3.42. The first kappa shape index (κ1) is 18.0. The van der Waals surface area contributed by atoms with Crippen molar-refractivity contribution in [2.75, 3.05) is 0 Å². The zero-order valence-electron chi connectivity index (χ0n) is 16.2. The molecule has 1 aromatic carbocycles. The third-order valence-electron chi connectivity index (χ3n) is 5.56. The van der Waals surface area contributed by atoms with Crippen LogP contribution in [-0.2, 0) is 20.0 Å². The molecule has 0 radical (unpaired) electrons. The van der Waals surface area contributed by atoms with Crippen LogP contribution in [0.15, 0.2) is 53.6 Å². The van der Waals surface area contributed by atoms with Crippen molar-refractivity contribution in [1.29, 1.82) is 0 Å². The van der Waals surface area contributed by atoms with Crippen molar-refractivity contribution >= 4 is 17.1 Å². The van der Waals surface area contributed by atoms with E-state index in [0.29, 0.717) is 18.0 Å². The van der Waals surface area contributed by atoms with E-state index in [9.17, 15) is 4.79 Å². The number of ketones is 1. The number of aryl methyl sites for hydroxylation is 2. The number of fused-ring (bicyclic) bond motifs is 1. The van der Waals surface area contributed by atoms with Gasteiger partial charge < -0.3 is 4.57 Å². The SMILES string of the molecule is Cn1ncc(-c2cscn2)c1C(=O)CC1CCn2cc(-c3ccccc3)nc2C1. The fourth-order valence-corrected chi connectivity index (χ4v) is 4.63. The van der Waals surface area contributed by atoms with Crippen molar-refractivity contribution in [3.05, 3.63) is 65.1 Å². The average molecular weight is 404 g/mol. The smallest absolute Gasteiger partial charge is 0.181 e. The summed E-state index contributed by atoms with van der Waals surface area (Å²) in [6.07, 6.45) is 6.17. The molecule has 3 aromatic heterocycles. The summed E-state index contributed by atoms with van der Waals surface area (Å²) in [5.41, 5.74) is 6.20. The summed E-state index contributed by atoms with van der Waals surface area (Å²) in [7, 11) is 1.82. The summed E-state index contributed by atoms with van der Waals surface area (Å²) in [6, 6.07) is 10.2. The number of carbonyl (C=O) groups is 1. The number of carbonyl (C=O) groups excluding carboxylic acids is 1. The van der Waals surface area contributed by atoms with Crippen molar-refractivity contribution in [2.24, 2.45) is 13.0 Å². The molecule has 4 aromatic rings. The number of imidazole rings is 1. The van der Waals surface area contributed by atoms with Gasteiger partial charge in [0.05, 0.1) is 28.7 Å². The number of benzene rings is 1. The number of nitrogens with zero attached hydrogens (tertiary/aromatic N) is 5. The van der Waals surface area contributed by atoms with Gasteiger partial charge in [0.1, 0.15) is 11.5 Å². The van der Waals surface area contributed by atoms with E-state index in [2.05, 4.69) is 33.0 Å². The second kappa shape index (κ2) is 7.40. The Morgan fingerprint density at radius 3 is 2.90 bits per heavy atom. The van der Waals surface area contributed by atoms with Crippen LogP contribution >= 0.6 is 11.3 Å². The van der Waals surface area contributed by atoms with Gasteiger partial charge in [0, 0.05) is 43.6 Å². The van der Waals surface area contributed by atoms with Crippen LogP contribution in [0.5, 0.6) is 0 Å². The highest BCUT2D eigenvalue weighted by Crippen LogP contribution is 2.30. The zero-order valence-corrected chi connectivity index (χ0v) is 17.0. The molecule has 0 bridgehead atoms. The van der Waals surface area contributed by atoms with Crippen LogP contribution in [0.25, 0.3) is 22.5 Å². The molecule has 0 aliphatic carbocycles. The monoisotopic (exact) mass is 403 g/mol. The summed E-state index contributed by atoms with van der Waals surface area (Å²) >= 11 is 1.52. The van der Waals surface area contributed by atoms with Gasteiger partial charge >= 0.3 is 0 Å². The largest absolute Gasteiger partial charge is 0.334 e. The summed E-state index contributed by atoms with van der Waals surface area (Å²) in [5, 5.41) is 6.26. The van der Waals surface area contributed by atoms with Gasteiger partial charge in [-0.2, -0.15) is 5.10 Å². The molecule has 0 saturated carbocycles. The van der Waals surface area contributed by atoms with Crippen molar-refractivity contribution in [3.63, 3.8) is 0 Å². The number of aromatic nitrogens is 5. The number of hydrogen-bond acceptors (Lipinski definition) is 5. The van der Waals surface area contributed by atoms with Crippen molar-refractivity contribution < 1.29 is 4.79 Å². The second-order valence-electron chi connectivity index (χ2n) is 7.49. The first-order chi connectivity index (χ1) is 14.2. The number of thiazole rings is 1. The Morgan fingerprint density at radius 2 is 2.10 bits per heavy atom. The molecule has 0 amide bonds. The molecule has 1 unspecified atom stereocenters. The summed E-state index contributed by atoms with van der Waals surface area (Å²) in [4.78, 5) is 22.3. The van der Waals surface area contributed by atoms with E-state index >= 15 is 0 Å². The first-order valence-electron chi connectivity index (χ1n) is 9.74. The van der Waals surface area contributed by atoms with Crippen LogP contribution < -0.4 is 0 Å². The molecular weight excluding hydrogens is 382 g/mol. The van der Waals surface area contributed by atoms with Gasteiger partial charge in [0.25, 0.3) is 0 Å². The highest BCUT2D eigenvalue weighted by molar-refractivity contribution is 7.07. The van der Waals surface area contributed by atoms with Gasteiger partial charge in [0.2, 0.25) is 0 Å². The lowest BCUT2D eigenvalue weighted by Crippen LogP contribution is -2.22. The van der Waals surface area contributed by atoms with Gasteiger partial charge in [-0.15, -0.1) is 11.3 Å². The molecule has 4 heterocycles. The maximum absolute atomic E-state index is 13.1. The minimum atomic E-state index is 0.126. The van der Waals surface area contributed by atoms with Gasteiger partial charge in [-0.1, -0.05) is 30.3 Å². The van der Waals surface area contributed by atoms with Gasteiger partial charge in [-0.05, 0) is 12.3 Å². The van der Waals surface area contributed by atoms with Crippen LogP contribution in [0.2, 0.25) is 0 Å². The third-order valence-corrected chi connectivity index (χ3v) is 6.15. The fraction of sp³-hybridized carbons (Fsp3) is 0.273. The summed E-state index contributed by atoms with van der Waals surface area (Å²) < 4.78 is 3.91. The molecule has 0 N–H and O–H groups in total. The number of hydrogen-bond donors (Lipinski definition) is 0. The van der Waals surface area contributed by atoms with E-state index in [1.165, 1.54) is 11.3 Å². The first-order valence-corrected chi connectivity index (χ1v) is 10.7. The highest BCUT2D eigenvalue weighted by Gasteiger charge is 2.26. The van der Waals surface area contributed by atoms with Gasteiger partial charge in [-0.25, -0.2) is 9.97 Å². The van der Waals surface area contributed by atoms with Crippen LogP contribution in [0.3, 0.4) is 0 Å². The van der Waals surface area contributed by atoms with E-state index in [1.54, 1.807) is 16.4 Å². The van der Waals surface area contributed by atoms with Crippen molar-refractivity contribution in [2.45, 2.75) is 25.8 Å². The standard InChI is InChI=1S/C22H21N5OS/c1-26-22(17(11-24-26)19-13-29-14-23-19)20(28)9-15-7-8-27-12-18(25-21(27)10-15)16-5-3-2-4-6-16/h2-6,11-15H,7-10H2,1H3. The molecule has 0 fully saturated rings. The maximum Gasteiger partial charge on any atom is 0.181 e. The molecule has 6 nitrogen and oxygen atoms in total. The van der Waals surface area contributed by atoms with E-state index in [-0.39, 0.29) is 5.78 Å². The Morgan fingerprint density at radius 1 is 1.24 bits per heavy atom. The Hall–Kier alpha value is -3.06. The Kier molecular flexibility index (Phi) is 4.60. The average Bonchev–Trinajstić information content (AvgIpc) is 3.47. The quantitative estimate of drug-likeness (QED) is 0.468. The van der Waals surface area contributed by atoms with E-state index in [1.807, 2.05) is 30.6 Å². The molecule has 5 rings (SSSR count). The predicted octanol–water partition coefficient (Wildman–Crippen LogP) is 4.24. The number of rotatable bonds is 5. The molecule has 7 heteroatoms. The van der Waals surface area contributed by atoms with E-state index in [4.69, 9.17) is 4.98 Å². The molecule has 1 aliphatic heterocycles. The Balaban J connectivity index is 1.34. The van der Waals surface area contributed by atoms with Crippen molar-refractivity contribution in [1.82, 2.24) is 24.3 Å².